The SMILES string of the molecule is [CH2-][B]CCc1ccccc1.[CH3-].[Y+3]. The van der Waals surface area contributed by atoms with Gasteiger partial charge in [0.15, 0.2) is 0 Å². The number of rotatable bonds is 3. The predicted octanol–water partition coefficient (Wildman–Crippen LogP) is 2.59. The van der Waals surface area contributed by atoms with E-state index >= 15 is 0 Å². The van der Waals surface area contributed by atoms with Crippen LogP contribution in [0.3, 0.4) is 0 Å². The normalized spacial score (nSPS) is 7.75. The van der Waals surface area contributed by atoms with Gasteiger partial charge in [-0.3, -0.25) is 0 Å². The Morgan fingerprint density at radius 2 is 1.75 bits per heavy atom. The van der Waals surface area contributed by atoms with Gasteiger partial charge in [0.05, 0.1) is 0 Å². The Labute approximate surface area is 102 Å². The minimum Gasteiger partial charge on any atom is -0.373 e. The van der Waals surface area contributed by atoms with Crippen LogP contribution in [0.2, 0.25) is 6.32 Å². The molecule has 0 fully saturated rings. The fraction of sp³-hybridized carbons (Fsp3) is 0.200. The first-order valence-electron chi connectivity index (χ1n) is 3.58. The molecular weight excluding hydrogens is 220 g/mol. The number of aryl methyl sites for hydroxylation is 1. The fourth-order valence-electron chi connectivity index (χ4n) is 0.913. The Balaban J connectivity index is 0. The second kappa shape index (κ2) is 9.48. The van der Waals surface area contributed by atoms with Crippen molar-refractivity contribution in [1.29, 1.82) is 0 Å². The van der Waals surface area contributed by atoms with Gasteiger partial charge in [-0.05, 0) is 12.0 Å². The summed E-state index contributed by atoms with van der Waals surface area (Å²) >= 11 is 0. The standard InChI is InChI=1S/C9H11B.CH3.Y/c1-10-8-7-9-5-3-2-4-6-9;;/h2-6H,1,7-8H2;1H3;/q2*-1;+3. The molecule has 0 spiro atoms. The van der Waals surface area contributed by atoms with Gasteiger partial charge in [0, 0.05) is 0 Å². The maximum absolute atomic E-state index is 3.68. The molecule has 0 N–H and O–H groups in total. The van der Waals surface area contributed by atoms with Crippen LogP contribution in [0.5, 0.6) is 0 Å². The zero-order valence-corrected chi connectivity index (χ0v) is 10.5. The summed E-state index contributed by atoms with van der Waals surface area (Å²) in [5, 5.41) is 0. The molecule has 0 bridgehead atoms. The van der Waals surface area contributed by atoms with E-state index in [1.807, 2.05) is 13.3 Å². The average Bonchev–Trinajstić information content (AvgIpc) is 2.03. The molecule has 1 rings (SSSR count). The van der Waals surface area contributed by atoms with Gasteiger partial charge in [0.1, 0.15) is 0 Å². The van der Waals surface area contributed by atoms with Gasteiger partial charge < -0.3 is 14.2 Å². The van der Waals surface area contributed by atoms with Crippen LogP contribution < -0.4 is 0 Å². The monoisotopic (exact) mass is 234 g/mol. The van der Waals surface area contributed by atoms with E-state index in [2.05, 4.69) is 31.1 Å². The minimum absolute atomic E-state index is 0. The van der Waals surface area contributed by atoms with Gasteiger partial charge in [0.25, 0.3) is 0 Å². The minimum atomic E-state index is 0. The van der Waals surface area contributed by atoms with Crippen molar-refractivity contribution >= 4 is 7.28 Å². The number of hydrogen-bond acceptors (Lipinski definition) is 0. The summed E-state index contributed by atoms with van der Waals surface area (Å²) in [7, 11) is 1.95. The number of benzene rings is 1. The molecule has 1 radical (unpaired) electrons. The van der Waals surface area contributed by atoms with Crippen LogP contribution in [-0.4, -0.2) is 7.28 Å². The fourth-order valence-corrected chi connectivity index (χ4v) is 0.913. The van der Waals surface area contributed by atoms with Gasteiger partial charge in [-0.1, -0.05) is 37.6 Å². The van der Waals surface area contributed by atoms with Crippen molar-refractivity contribution in [1.82, 2.24) is 0 Å². The topological polar surface area (TPSA) is 0 Å². The molecule has 0 aliphatic heterocycles. The smallest absolute Gasteiger partial charge is 0.373 e. The van der Waals surface area contributed by atoms with E-state index in [0.29, 0.717) is 0 Å². The summed E-state index contributed by atoms with van der Waals surface area (Å²) < 4.78 is 0. The van der Waals surface area contributed by atoms with Crippen LogP contribution in [0.1, 0.15) is 5.56 Å². The number of hydrogen-bond donors (Lipinski definition) is 0. The molecule has 0 heterocycles. The molecule has 1 aromatic rings. The van der Waals surface area contributed by atoms with Crippen molar-refractivity contribution in [3.8, 4) is 0 Å². The van der Waals surface area contributed by atoms with Crippen LogP contribution in [0.4, 0.5) is 0 Å². The molecule has 1 aromatic carbocycles. The first-order chi connectivity index (χ1) is 4.93. The van der Waals surface area contributed by atoms with Gasteiger partial charge in [0.2, 0.25) is 0 Å². The molecule has 59 valence electrons. The molecule has 0 nitrogen and oxygen atoms in total. The van der Waals surface area contributed by atoms with E-state index in [-0.39, 0.29) is 40.1 Å². The van der Waals surface area contributed by atoms with Gasteiger partial charge in [-0.2, -0.15) is 0 Å². The Bertz CT molecular complexity index is 174. The van der Waals surface area contributed by atoms with E-state index in [1.165, 1.54) is 5.56 Å². The molecule has 2 heteroatoms. The van der Waals surface area contributed by atoms with E-state index in [1.54, 1.807) is 0 Å². The van der Waals surface area contributed by atoms with Crippen LogP contribution in [0.15, 0.2) is 30.3 Å². The predicted molar refractivity (Wildman–Crippen MR) is 52.5 cm³/mol. The summed E-state index contributed by atoms with van der Waals surface area (Å²) in [5.41, 5.74) is 1.39. The second-order valence-electron chi connectivity index (χ2n) is 2.31. The van der Waals surface area contributed by atoms with E-state index < -0.39 is 0 Å². The molecular formula is C10H14BY+. The molecule has 12 heavy (non-hydrogen) atoms. The van der Waals surface area contributed by atoms with Crippen LogP contribution >= 0.6 is 0 Å². The van der Waals surface area contributed by atoms with Gasteiger partial charge in [-0.15, -0.1) is 6.32 Å². The summed E-state index contributed by atoms with van der Waals surface area (Å²) in [6, 6.07) is 10.5. The van der Waals surface area contributed by atoms with Crippen molar-refractivity contribution in [2.75, 3.05) is 0 Å². The Hall–Kier alpha value is 0.389. The Morgan fingerprint density at radius 1 is 1.17 bits per heavy atom. The van der Waals surface area contributed by atoms with Gasteiger partial charge >= 0.3 is 32.7 Å². The van der Waals surface area contributed by atoms with Gasteiger partial charge in [-0.25, -0.2) is 0 Å². The Kier molecular flexibility index (Phi) is 11.8. The van der Waals surface area contributed by atoms with Crippen molar-refractivity contribution in [2.45, 2.75) is 12.7 Å². The van der Waals surface area contributed by atoms with Crippen molar-refractivity contribution in [3.05, 3.63) is 50.1 Å². The Morgan fingerprint density at radius 3 is 2.25 bits per heavy atom. The van der Waals surface area contributed by atoms with E-state index in [4.69, 9.17) is 0 Å². The third kappa shape index (κ3) is 5.97. The molecule has 0 aromatic heterocycles. The van der Waals surface area contributed by atoms with Crippen LogP contribution in [0.25, 0.3) is 0 Å². The maximum atomic E-state index is 3.68. The summed E-state index contributed by atoms with van der Waals surface area (Å²) in [6.45, 7) is 3.68. The summed E-state index contributed by atoms with van der Waals surface area (Å²) in [5.74, 6) is 0. The first-order valence-corrected chi connectivity index (χ1v) is 3.58. The zero-order valence-electron chi connectivity index (χ0n) is 7.66. The summed E-state index contributed by atoms with van der Waals surface area (Å²) in [4.78, 5) is 0. The van der Waals surface area contributed by atoms with E-state index in [0.717, 1.165) is 12.7 Å². The molecule has 0 atom stereocenters. The third-order valence-electron chi connectivity index (χ3n) is 1.48. The molecule has 0 saturated carbocycles. The third-order valence-corrected chi connectivity index (χ3v) is 1.48. The first kappa shape index (κ1) is 14.9. The zero-order chi connectivity index (χ0) is 7.23. The maximum Gasteiger partial charge on any atom is 3.00 e. The summed E-state index contributed by atoms with van der Waals surface area (Å²) in [6.07, 6.45) is 2.19. The van der Waals surface area contributed by atoms with Crippen molar-refractivity contribution in [2.24, 2.45) is 0 Å². The van der Waals surface area contributed by atoms with Crippen LogP contribution in [0, 0.1) is 14.2 Å². The van der Waals surface area contributed by atoms with Crippen molar-refractivity contribution < 1.29 is 32.7 Å². The van der Waals surface area contributed by atoms with Crippen molar-refractivity contribution in [3.63, 3.8) is 0 Å². The quantitative estimate of drug-likeness (QED) is 0.556. The molecule has 0 aliphatic rings. The molecule has 0 aliphatic carbocycles. The molecule has 0 amide bonds. The largest absolute Gasteiger partial charge is 3.00 e. The van der Waals surface area contributed by atoms with Crippen LogP contribution in [-0.2, 0) is 39.1 Å². The average molecular weight is 234 g/mol. The molecule has 0 unspecified atom stereocenters. The van der Waals surface area contributed by atoms with E-state index in [9.17, 15) is 0 Å². The second-order valence-corrected chi connectivity index (χ2v) is 2.31. The molecule has 0 saturated heterocycles.